The number of nitrogens with one attached hydrogen (secondary N) is 1. The lowest BCUT2D eigenvalue weighted by Gasteiger charge is -2.02. The van der Waals surface area contributed by atoms with Crippen molar-refractivity contribution in [3.05, 3.63) is 28.6 Å². The Labute approximate surface area is 95.7 Å². The summed E-state index contributed by atoms with van der Waals surface area (Å²) in [5.74, 6) is 0.503. The standard InChI is InChI=1S/C10H11N3O2S/c11-6-1-2-8-7(5-6)9(15)13-10(12-8)16-4-3-14/h1-2,5,14H,3-4,11H2,(H,12,13,15). The van der Waals surface area contributed by atoms with Crippen molar-refractivity contribution in [2.45, 2.75) is 5.16 Å². The summed E-state index contributed by atoms with van der Waals surface area (Å²) >= 11 is 1.31. The Kier molecular flexibility index (Phi) is 3.12. The number of rotatable bonds is 3. The molecule has 0 saturated carbocycles. The Morgan fingerprint density at radius 3 is 3.06 bits per heavy atom. The number of fused-ring (bicyclic) bond motifs is 1. The molecule has 4 N–H and O–H groups in total. The number of thioether (sulfide) groups is 1. The number of benzene rings is 1. The number of aliphatic hydroxyl groups is 1. The molecule has 1 heterocycles. The van der Waals surface area contributed by atoms with Crippen LogP contribution in [0.1, 0.15) is 0 Å². The van der Waals surface area contributed by atoms with Crippen LogP contribution in [0.3, 0.4) is 0 Å². The van der Waals surface area contributed by atoms with E-state index in [0.717, 1.165) is 0 Å². The first-order chi connectivity index (χ1) is 7.70. The van der Waals surface area contributed by atoms with E-state index < -0.39 is 0 Å². The molecule has 16 heavy (non-hydrogen) atoms. The highest BCUT2D eigenvalue weighted by molar-refractivity contribution is 7.99. The maximum Gasteiger partial charge on any atom is 0.259 e. The first kappa shape index (κ1) is 11.0. The molecule has 0 atom stereocenters. The molecule has 2 aromatic rings. The Balaban J connectivity index is 2.51. The summed E-state index contributed by atoms with van der Waals surface area (Å²) in [5, 5.41) is 9.68. The third kappa shape index (κ3) is 2.17. The molecular formula is C10H11N3O2S. The van der Waals surface area contributed by atoms with Gasteiger partial charge in [-0.2, -0.15) is 0 Å². The summed E-state index contributed by atoms with van der Waals surface area (Å²) in [4.78, 5) is 18.6. The summed E-state index contributed by atoms with van der Waals surface area (Å²) in [6, 6.07) is 5.01. The topological polar surface area (TPSA) is 92.0 Å². The summed E-state index contributed by atoms with van der Waals surface area (Å²) in [7, 11) is 0. The number of nitrogens with two attached hydrogens (primary N) is 1. The Hall–Kier alpha value is -1.53. The van der Waals surface area contributed by atoms with E-state index in [2.05, 4.69) is 9.97 Å². The molecule has 5 nitrogen and oxygen atoms in total. The van der Waals surface area contributed by atoms with E-state index in [4.69, 9.17) is 10.8 Å². The van der Waals surface area contributed by atoms with E-state index in [-0.39, 0.29) is 12.2 Å². The highest BCUT2D eigenvalue weighted by atomic mass is 32.2. The Morgan fingerprint density at radius 1 is 1.50 bits per heavy atom. The molecule has 1 aromatic carbocycles. The first-order valence-corrected chi connectivity index (χ1v) is 5.72. The smallest absolute Gasteiger partial charge is 0.259 e. The molecule has 1 aromatic heterocycles. The number of aromatic nitrogens is 2. The van der Waals surface area contributed by atoms with Gasteiger partial charge in [-0.3, -0.25) is 4.79 Å². The second kappa shape index (κ2) is 4.54. The van der Waals surface area contributed by atoms with Crippen LogP contribution in [0.5, 0.6) is 0 Å². The van der Waals surface area contributed by atoms with Crippen molar-refractivity contribution in [2.24, 2.45) is 0 Å². The van der Waals surface area contributed by atoms with E-state index in [1.54, 1.807) is 18.2 Å². The lowest BCUT2D eigenvalue weighted by Crippen LogP contribution is -2.09. The van der Waals surface area contributed by atoms with Gasteiger partial charge in [-0.15, -0.1) is 0 Å². The van der Waals surface area contributed by atoms with Gasteiger partial charge in [0, 0.05) is 11.4 Å². The number of nitrogen functional groups attached to an aromatic ring is 1. The van der Waals surface area contributed by atoms with Crippen LogP contribution in [-0.2, 0) is 0 Å². The third-order valence-corrected chi connectivity index (χ3v) is 2.89. The van der Waals surface area contributed by atoms with E-state index >= 15 is 0 Å². The molecule has 2 rings (SSSR count). The average molecular weight is 237 g/mol. The largest absolute Gasteiger partial charge is 0.399 e. The fourth-order valence-electron chi connectivity index (χ4n) is 1.35. The molecular weight excluding hydrogens is 226 g/mol. The number of hydrogen-bond acceptors (Lipinski definition) is 5. The van der Waals surface area contributed by atoms with Crippen molar-refractivity contribution in [3.8, 4) is 0 Å². The molecule has 0 bridgehead atoms. The van der Waals surface area contributed by atoms with Gasteiger partial charge in [0.25, 0.3) is 5.56 Å². The van der Waals surface area contributed by atoms with Gasteiger partial charge in [0.1, 0.15) is 0 Å². The highest BCUT2D eigenvalue weighted by Gasteiger charge is 2.04. The van der Waals surface area contributed by atoms with Gasteiger partial charge in [0.2, 0.25) is 0 Å². The van der Waals surface area contributed by atoms with Gasteiger partial charge in [-0.05, 0) is 18.2 Å². The number of nitrogens with zero attached hydrogens (tertiary/aromatic N) is 1. The molecule has 0 aliphatic rings. The minimum Gasteiger partial charge on any atom is -0.399 e. The molecule has 0 amide bonds. The zero-order valence-corrected chi connectivity index (χ0v) is 9.25. The normalized spacial score (nSPS) is 10.8. The van der Waals surface area contributed by atoms with Gasteiger partial charge in [0.15, 0.2) is 5.16 Å². The quantitative estimate of drug-likeness (QED) is 0.413. The minimum absolute atomic E-state index is 0.0498. The molecule has 0 aliphatic carbocycles. The first-order valence-electron chi connectivity index (χ1n) is 4.74. The van der Waals surface area contributed by atoms with Crippen LogP contribution in [0, 0.1) is 0 Å². The molecule has 6 heteroatoms. The maximum absolute atomic E-state index is 11.7. The molecule has 0 spiro atoms. The lowest BCUT2D eigenvalue weighted by atomic mass is 10.2. The van der Waals surface area contributed by atoms with Crippen molar-refractivity contribution in [1.82, 2.24) is 9.97 Å². The van der Waals surface area contributed by atoms with E-state index in [0.29, 0.717) is 27.5 Å². The second-order valence-corrected chi connectivity index (χ2v) is 4.30. The summed E-state index contributed by atoms with van der Waals surface area (Å²) in [6.45, 7) is 0.0498. The predicted molar refractivity (Wildman–Crippen MR) is 64.6 cm³/mol. The number of aliphatic hydroxyl groups excluding tert-OH is 1. The van der Waals surface area contributed by atoms with Crippen molar-refractivity contribution in [3.63, 3.8) is 0 Å². The number of anilines is 1. The maximum atomic E-state index is 11.7. The Bertz CT molecular complexity index is 567. The lowest BCUT2D eigenvalue weighted by molar-refractivity contribution is 0.322. The average Bonchev–Trinajstić information content (AvgIpc) is 2.27. The number of hydrogen-bond donors (Lipinski definition) is 3. The number of aromatic amines is 1. The van der Waals surface area contributed by atoms with Gasteiger partial charge < -0.3 is 15.8 Å². The van der Waals surface area contributed by atoms with Crippen LogP contribution in [0.15, 0.2) is 28.2 Å². The van der Waals surface area contributed by atoms with Gasteiger partial charge in [-0.1, -0.05) is 11.8 Å². The van der Waals surface area contributed by atoms with Gasteiger partial charge in [-0.25, -0.2) is 4.98 Å². The summed E-state index contributed by atoms with van der Waals surface area (Å²) in [6.07, 6.45) is 0. The van der Waals surface area contributed by atoms with Gasteiger partial charge in [0.05, 0.1) is 17.5 Å². The van der Waals surface area contributed by atoms with Crippen LogP contribution >= 0.6 is 11.8 Å². The molecule has 0 fully saturated rings. The van der Waals surface area contributed by atoms with Crippen molar-refractivity contribution < 1.29 is 5.11 Å². The van der Waals surface area contributed by atoms with Crippen molar-refractivity contribution in [2.75, 3.05) is 18.1 Å². The van der Waals surface area contributed by atoms with Gasteiger partial charge >= 0.3 is 0 Å². The summed E-state index contributed by atoms with van der Waals surface area (Å²) in [5.41, 5.74) is 6.53. The fourth-order valence-corrected chi connectivity index (χ4v) is 1.96. The minimum atomic E-state index is -0.210. The third-order valence-electron chi connectivity index (χ3n) is 2.04. The van der Waals surface area contributed by atoms with Crippen LogP contribution in [0.2, 0.25) is 0 Å². The van der Waals surface area contributed by atoms with Crippen LogP contribution < -0.4 is 11.3 Å². The zero-order valence-electron chi connectivity index (χ0n) is 8.43. The predicted octanol–water partition coefficient (Wildman–Crippen LogP) is 0.590. The van der Waals surface area contributed by atoms with Crippen molar-refractivity contribution >= 4 is 28.4 Å². The summed E-state index contributed by atoms with van der Waals surface area (Å²) < 4.78 is 0. The van der Waals surface area contributed by atoms with Crippen LogP contribution in [-0.4, -0.2) is 27.4 Å². The monoisotopic (exact) mass is 237 g/mol. The van der Waals surface area contributed by atoms with Crippen molar-refractivity contribution in [1.29, 1.82) is 0 Å². The zero-order chi connectivity index (χ0) is 11.5. The highest BCUT2D eigenvalue weighted by Crippen LogP contribution is 2.16. The molecule has 84 valence electrons. The van der Waals surface area contributed by atoms with E-state index in [1.165, 1.54) is 11.8 Å². The second-order valence-electron chi connectivity index (χ2n) is 3.22. The molecule has 0 radical (unpaired) electrons. The molecule has 0 unspecified atom stereocenters. The van der Waals surface area contributed by atoms with Crippen LogP contribution in [0.4, 0.5) is 5.69 Å². The molecule has 0 aliphatic heterocycles. The molecule has 0 saturated heterocycles. The number of H-pyrrole nitrogens is 1. The van der Waals surface area contributed by atoms with E-state index in [9.17, 15) is 4.79 Å². The Morgan fingerprint density at radius 2 is 2.31 bits per heavy atom. The van der Waals surface area contributed by atoms with E-state index in [1.807, 2.05) is 0 Å². The SMILES string of the molecule is Nc1ccc2nc(SCCO)[nH]c(=O)c2c1. The van der Waals surface area contributed by atoms with Crippen LogP contribution in [0.25, 0.3) is 10.9 Å². The fraction of sp³-hybridized carbons (Fsp3) is 0.200.